The normalized spacial score (nSPS) is 11.4. The molecule has 27 heavy (non-hydrogen) atoms. The molecule has 144 valence electrons. The fourth-order valence-electron chi connectivity index (χ4n) is 2.55. The maximum absolute atomic E-state index is 12.6. The van der Waals surface area contributed by atoms with Crippen molar-refractivity contribution in [3.8, 4) is 0 Å². The lowest BCUT2D eigenvalue weighted by atomic mass is 10.1. The van der Waals surface area contributed by atoms with Gasteiger partial charge in [-0.15, -0.1) is 0 Å². The summed E-state index contributed by atoms with van der Waals surface area (Å²) in [6, 6.07) is 15.3. The molecule has 0 saturated carbocycles. The Morgan fingerprint density at radius 2 is 1.56 bits per heavy atom. The van der Waals surface area contributed by atoms with Gasteiger partial charge in [0.2, 0.25) is 5.91 Å². The summed E-state index contributed by atoms with van der Waals surface area (Å²) in [4.78, 5) is 25.2. The second-order valence-electron chi connectivity index (χ2n) is 6.54. The Bertz CT molecular complexity index is 890. The predicted molar refractivity (Wildman–Crippen MR) is 102 cm³/mol. The number of carboxylic acids is 1. The Morgan fingerprint density at radius 3 is 2.07 bits per heavy atom. The van der Waals surface area contributed by atoms with Crippen LogP contribution in [0.4, 0.5) is 0 Å². The van der Waals surface area contributed by atoms with E-state index in [1.807, 2.05) is 30.3 Å². The molecule has 0 aromatic heterocycles. The van der Waals surface area contributed by atoms with Gasteiger partial charge in [0, 0.05) is 6.54 Å². The van der Waals surface area contributed by atoms with E-state index < -0.39 is 27.6 Å². The maximum atomic E-state index is 12.6. The van der Waals surface area contributed by atoms with Gasteiger partial charge in [0.15, 0.2) is 9.84 Å². The molecule has 7 heteroatoms. The monoisotopic (exact) mass is 389 g/mol. The lowest BCUT2D eigenvalue weighted by Crippen LogP contribution is -2.36. The second-order valence-corrected chi connectivity index (χ2v) is 9.05. The highest BCUT2D eigenvalue weighted by Gasteiger charge is 2.20. The van der Waals surface area contributed by atoms with Gasteiger partial charge >= 0.3 is 5.97 Å². The Labute approximate surface area is 159 Å². The van der Waals surface area contributed by atoms with Gasteiger partial charge in [-0.1, -0.05) is 42.5 Å². The lowest BCUT2D eigenvalue weighted by molar-refractivity contribution is -0.144. The summed E-state index contributed by atoms with van der Waals surface area (Å²) in [5, 5.41) is 8.57. The van der Waals surface area contributed by atoms with Crippen molar-refractivity contribution in [2.45, 2.75) is 37.0 Å². The van der Waals surface area contributed by atoms with Gasteiger partial charge in [0.05, 0.1) is 16.6 Å². The van der Waals surface area contributed by atoms with E-state index in [9.17, 15) is 18.0 Å². The number of rotatable bonds is 8. The third-order valence-electron chi connectivity index (χ3n) is 4.12. The van der Waals surface area contributed by atoms with Crippen molar-refractivity contribution < 1.29 is 23.1 Å². The van der Waals surface area contributed by atoms with Crippen LogP contribution in [0.2, 0.25) is 0 Å². The molecule has 0 fully saturated rings. The summed E-state index contributed by atoms with van der Waals surface area (Å²) in [5.41, 5.74) is 1.47. The van der Waals surface area contributed by atoms with Crippen LogP contribution in [0.25, 0.3) is 0 Å². The minimum Gasteiger partial charge on any atom is -0.480 e. The van der Waals surface area contributed by atoms with Crippen LogP contribution in [-0.2, 0) is 32.4 Å². The zero-order chi connectivity index (χ0) is 20.0. The van der Waals surface area contributed by atoms with Crippen molar-refractivity contribution in [2.75, 3.05) is 6.54 Å². The molecule has 1 amide bonds. The largest absolute Gasteiger partial charge is 0.480 e. The Kier molecular flexibility index (Phi) is 6.74. The van der Waals surface area contributed by atoms with Crippen LogP contribution in [0.15, 0.2) is 59.5 Å². The van der Waals surface area contributed by atoms with Crippen molar-refractivity contribution >= 4 is 21.7 Å². The van der Waals surface area contributed by atoms with Crippen molar-refractivity contribution in [3.05, 3.63) is 65.7 Å². The van der Waals surface area contributed by atoms with Gasteiger partial charge in [-0.2, -0.15) is 0 Å². The summed E-state index contributed by atoms with van der Waals surface area (Å²) < 4.78 is 24.3. The van der Waals surface area contributed by atoms with Crippen molar-refractivity contribution in [1.82, 2.24) is 4.90 Å². The highest BCUT2D eigenvalue weighted by atomic mass is 32.2. The van der Waals surface area contributed by atoms with E-state index in [0.717, 1.165) is 5.56 Å². The first-order valence-corrected chi connectivity index (χ1v) is 10.1. The second kappa shape index (κ2) is 8.81. The fourth-order valence-corrected chi connectivity index (χ4v) is 3.61. The van der Waals surface area contributed by atoms with Crippen LogP contribution >= 0.6 is 0 Å². The zero-order valence-electron chi connectivity index (χ0n) is 15.3. The average Bonchev–Trinajstić information content (AvgIpc) is 2.62. The van der Waals surface area contributed by atoms with Crippen LogP contribution in [0.3, 0.4) is 0 Å². The molecule has 0 spiro atoms. The Balaban J connectivity index is 2.13. The van der Waals surface area contributed by atoms with Crippen LogP contribution in [0.5, 0.6) is 0 Å². The molecule has 2 rings (SSSR count). The van der Waals surface area contributed by atoms with E-state index in [1.54, 1.807) is 26.0 Å². The zero-order valence-corrected chi connectivity index (χ0v) is 16.1. The van der Waals surface area contributed by atoms with E-state index >= 15 is 0 Å². The molecular formula is C20H23NO5S. The maximum Gasteiger partial charge on any atom is 0.323 e. The highest BCUT2D eigenvalue weighted by Crippen LogP contribution is 2.17. The number of benzene rings is 2. The Morgan fingerprint density at radius 1 is 0.963 bits per heavy atom. The predicted octanol–water partition coefficient (Wildman–Crippen LogP) is 2.52. The molecular weight excluding hydrogens is 366 g/mol. The topological polar surface area (TPSA) is 91.8 Å². The number of aliphatic carboxylic acids is 1. The first-order valence-electron chi connectivity index (χ1n) is 8.56. The number of carbonyl (C=O) groups excluding carboxylic acids is 1. The fraction of sp³-hybridized carbons (Fsp3) is 0.300. The number of sulfone groups is 1. The van der Waals surface area contributed by atoms with Crippen LogP contribution in [0, 0.1) is 0 Å². The van der Waals surface area contributed by atoms with Crippen molar-refractivity contribution in [1.29, 1.82) is 0 Å². The molecule has 0 radical (unpaired) electrons. The van der Waals surface area contributed by atoms with E-state index in [-0.39, 0.29) is 23.8 Å². The number of hydrogen-bond acceptors (Lipinski definition) is 4. The minimum atomic E-state index is -3.37. The number of amides is 1. The van der Waals surface area contributed by atoms with Crippen LogP contribution in [0.1, 0.15) is 25.0 Å². The molecule has 0 bridgehead atoms. The molecule has 2 aromatic carbocycles. The van der Waals surface area contributed by atoms with E-state index in [4.69, 9.17) is 5.11 Å². The summed E-state index contributed by atoms with van der Waals surface area (Å²) in [6.07, 6.45) is 0.00210. The van der Waals surface area contributed by atoms with Gasteiger partial charge in [0.25, 0.3) is 0 Å². The molecule has 0 aliphatic carbocycles. The van der Waals surface area contributed by atoms with Crippen LogP contribution < -0.4 is 0 Å². The van der Waals surface area contributed by atoms with Gasteiger partial charge in [-0.3, -0.25) is 9.59 Å². The van der Waals surface area contributed by atoms with Crippen molar-refractivity contribution in [3.63, 3.8) is 0 Å². The van der Waals surface area contributed by atoms with E-state index in [2.05, 4.69) is 0 Å². The summed E-state index contributed by atoms with van der Waals surface area (Å²) >= 11 is 0. The van der Waals surface area contributed by atoms with Crippen molar-refractivity contribution in [2.24, 2.45) is 0 Å². The first-order chi connectivity index (χ1) is 12.7. The molecule has 6 nitrogen and oxygen atoms in total. The summed E-state index contributed by atoms with van der Waals surface area (Å²) in [5.74, 6) is -1.42. The third kappa shape index (κ3) is 5.65. The third-order valence-corrected chi connectivity index (χ3v) is 6.29. The molecule has 0 atom stereocenters. The van der Waals surface area contributed by atoms with Gasteiger partial charge in [-0.25, -0.2) is 8.42 Å². The molecule has 0 heterocycles. The SMILES string of the molecule is CC(C)S(=O)(=O)c1ccc(CC(=O)N(CC(=O)O)Cc2ccccc2)cc1. The van der Waals surface area contributed by atoms with Crippen LogP contribution in [-0.4, -0.2) is 42.1 Å². The number of nitrogens with zero attached hydrogens (tertiary/aromatic N) is 1. The molecule has 1 N–H and O–H groups in total. The number of hydrogen-bond donors (Lipinski definition) is 1. The molecule has 0 aliphatic heterocycles. The van der Waals surface area contributed by atoms with E-state index in [0.29, 0.717) is 5.56 Å². The quantitative estimate of drug-likeness (QED) is 0.749. The molecule has 0 aliphatic rings. The summed E-state index contributed by atoms with van der Waals surface area (Å²) in [6.45, 7) is 3.03. The summed E-state index contributed by atoms with van der Waals surface area (Å²) in [7, 11) is -3.37. The van der Waals surface area contributed by atoms with E-state index in [1.165, 1.54) is 17.0 Å². The number of carboxylic acid groups (broad SMARTS) is 1. The smallest absolute Gasteiger partial charge is 0.323 e. The van der Waals surface area contributed by atoms with Gasteiger partial charge in [0.1, 0.15) is 6.54 Å². The molecule has 0 saturated heterocycles. The minimum absolute atomic E-state index is 0.00210. The number of carbonyl (C=O) groups is 2. The highest BCUT2D eigenvalue weighted by molar-refractivity contribution is 7.92. The van der Waals surface area contributed by atoms with Gasteiger partial charge in [-0.05, 0) is 37.1 Å². The lowest BCUT2D eigenvalue weighted by Gasteiger charge is -2.21. The average molecular weight is 389 g/mol. The van der Waals surface area contributed by atoms with Gasteiger partial charge < -0.3 is 10.0 Å². The standard InChI is InChI=1S/C20H23NO5S/c1-15(2)27(25,26)18-10-8-16(9-11-18)12-19(22)21(14-20(23)24)13-17-6-4-3-5-7-17/h3-11,15H,12-14H2,1-2H3,(H,23,24). The molecule has 0 unspecified atom stereocenters. The first kappa shape index (κ1) is 20.6. The molecule has 2 aromatic rings. The Hall–Kier alpha value is -2.67.